The molecular weight excluding hydrogens is 793 g/mol. The van der Waals surface area contributed by atoms with Crippen LogP contribution in [-0.4, -0.2) is 20.9 Å². The van der Waals surface area contributed by atoms with Gasteiger partial charge in [0.2, 0.25) is 0 Å². The monoisotopic (exact) mass is 827 g/mol. The molecular formula is C45H34IrN2O2-2. The van der Waals surface area contributed by atoms with Crippen molar-refractivity contribution in [1.29, 1.82) is 0 Å². The van der Waals surface area contributed by atoms with Crippen molar-refractivity contribution in [1.82, 2.24) is 9.97 Å². The van der Waals surface area contributed by atoms with Gasteiger partial charge in [0.05, 0.1) is 5.76 Å². The number of rotatable bonds is 7. The molecule has 0 saturated heterocycles. The maximum absolute atomic E-state index is 10.0. The molecule has 1 N–H and O–H groups in total. The van der Waals surface area contributed by atoms with E-state index >= 15 is 0 Å². The number of ketones is 1. The summed E-state index contributed by atoms with van der Waals surface area (Å²) >= 11 is 0. The number of pyridine rings is 2. The molecule has 0 spiro atoms. The van der Waals surface area contributed by atoms with Gasteiger partial charge in [0.15, 0.2) is 5.78 Å². The van der Waals surface area contributed by atoms with Crippen molar-refractivity contribution in [3.63, 3.8) is 0 Å². The molecule has 0 saturated carbocycles. The second-order valence-electron chi connectivity index (χ2n) is 11.5. The molecule has 7 aromatic rings. The number of hydrogen-bond donors (Lipinski definition) is 1. The van der Waals surface area contributed by atoms with Crippen molar-refractivity contribution in [3.05, 3.63) is 182 Å². The molecule has 247 valence electrons. The molecule has 0 unspecified atom stereocenters. The second-order valence-corrected chi connectivity index (χ2v) is 11.5. The number of carbonyl (C=O) groups is 1. The molecule has 0 aliphatic rings. The van der Waals surface area contributed by atoms with Gasteiger partial charge >= 0.3 is 0 Å². The van der Waals surface area contributed by atoms with Gasteiger partial charge in [-0.3, -0.25) is 4.79 Å². The summed E-state index contributed by atoms with van der Waals surface area (Å²) in [7, 11) is 0. The number of allylic oxidation sites excluding steroid dienone is 2. The normalized spacial score (nSPS) is 10.7. The first-order valence-electron chi connectivity index (χ1n) is 16.0. The van der Waals surface area contributed by atoms with E-state index in [4.69, 9.17) is 5.11 Å². The number of benzene rings is 5. The minimum Gasteiger partial charge on any atom is -0.512 e. The van der Waals surface area contributed by atoms with Crippen LogP contribution in [0.4, 0.5) is 0 Å². The minimum absolute atomic E-state index is 0. The van der Waals surface area contributed by atoms with E-state index in [0.29, 0.717) is 0 Å². The second kappa shape index (κ2) is 17.1. The molecule has 0 aliphatic heterocycles. The van der Waals surface area contributed by atoms with Crippen molar-refractivity contribution in [2.45, 2.75) is 13.8 Å². The summed E-state index contributed by atoms with van der Waals surface area (Å²) in [5.41, 5.74) is 13.1. The van der Waals surface area contributed by atoms with E-state index in [1.807, 2.05) is 60.9 Å². The molecule has 0 fully saturated rings. The third-order valence-corrected chi connectivity index (χ3v) is 7.85. The molecule has 0 bridgehead atoms. The van der Waals surface area contributed by atoms with Crippen LogP contribution in [0.15, 0.2) is 170 Å². The number of aliphatic hydroxyl groups is 1. The van der Waals surface area contributed by atoms with Gasteiger partial charge in [-0.1, -0.05) is 102 Å². The Hall–Kier alpha value is -5.74. The summed E-state index contributed by atoms with van der Waals surface area (Å²) in [6.45, 7) is 2.85. The average molecular weight is 827 g/mol. The van der Waals surface area contributed by atoms with Crippen LogP contribution in [0.3, 0.4) is 0 Å². The molecule has 0 aliphatic carbocycles. The van der Waals surface area contributed by atoms with E-state index < -0.39 is 0 Å². The molecule has 7 rings (SSSR count). The van der Waals surface area contributed by atoms with E-state index in [0.717, 1.165) is 39.2 Å². The first kappa shape index (κ1) is 35.6. The van der Waals surface area contributed by atoms with Crippen LogP contribution in [0.25, 0.3) is 67.0 Å². The Labute approximate surface area is 307 Å². The molecule has 50 heavy (non-hydrogen) atoms. The quantitative estimate of drug-likeness (QED) is 0.0988. The smallest absolute Gasteiger partial charge is 0.155 e. The van der Waals surface area contributed by atoms with E-state index in [9.17, 15) is 4.79 Å². The van der Waals surface area contributed by atoms with Crippen LogP contribution >= 0.6 is 0 Å². The summed E-state index contributed by atoms with van der Waals surface area (Å²) < 4.78 is 0. The van der Waals surface area contributed by atoms with Crippen molar-refractivity contribution >= 4 is 5.78 Å². The Morgan fingerprint density at radius 3 is 1.62 bits per heavy atom. The summed E-state index contributed by atoms with van der Waals surface area (Å²) in [6.07, 6.45) is 4.80. The van der Waals surface area contributed by atoms with Gasteiger partial charge in [-0.05, 0) is 71.3 Å². The summed E-state index contributed by atoms with van der Waals surface area (Å²) in [4.78, 5) is 19.0. The zero-order chi connectivity index (χ0) is 34.0. The Morgan fingerprint density at radius 1 is 0.560 bits per heavy atom. The molecule has 2 aromatic heterocycles. The fraction of sp³-hybridized carbons (Fsp3) is 0.0444. The van der Waals surface area contributed by atoms with Gasteiger partial charge in [-0.2, -0.15) is 0 Å². The Bertz CT molecular complexity index is 2210. The molecule has 5 heteroatoms. The molecule has 0 atom stereocenters. The maximum atomic E-state index is 10.0. The maximum Gasteiger partial charge on any atom is 0.155 e. The summed E-state index contributed by atoms with van der Waals surface area (Å²) in [6, 6.07) is 57.3. The summed E-state index contributed by atoms with van der Waals surface area (Å²) in [5.74, 6) is -0.0625. The molecule has 0 amide bonds. The largest absolute Gasteiger partial charge is 0.512 e. The number of hydrogen-bond acceptors (Lipinski definition) is 4. The zero-order valence-electron chi connectivity index (χ0n) is 27.7. The molecule has 5 aromatic carbocycles. The van der Waals surface area contributed by atoms with Crippen LogP contribution in [0.2, 0.25) is 0 Å². The fourth-order valence-corrected chi connectivity index (χ4v) is 5.62. The van der Waals surface area contributed by atoms with Crippen molar-refractivity contribution < 1.29 is 30.0 Å². The number of nitrogens with zero attached hydrogens (tertiary/aromatic N) is 2. The van der Waals surface area contributed by atoms with E-state index in [2.05, 4.69) is 119 Å². The van der Waals surface area contributed by atoms with Gasteiger partial charge in [-0.15, -0.1) is 65.2 Å². The predicted molar refractivity (Wildman–Crippen MR) is 199 cm³/mol. The van der Waals surface area contributed by atoms with Gasteiger partial charge in [0.1, 0.15) is 0 Å². The molecule has 1 radical (unpaired) electrons. The van der Waals surface area contributed by atoms with E-state index in [1.165, 1.54) is 47.7 Å². The number of carbonyl (C=O) groups excluding carboxylic acids is 1. The van der Waals surface area contributed by atoms with Gasteiger partial charge in [0.25, 0.3) is 0 Å². The summed E-state index contributed by atoms with van der Waals surface area (Å²) in [5, 5.41) is 8.36. The first-order valence-corrected chi connectivity index (χ1v) is 16.0. The van der Waals surface area contributed by atoms with Crippen LogP contribution < -0.4 is 0 Å². The van der Waals surface area contributed by atoms with Crippen LogP contribution in [0, 0.1) is 12.1 Å². The topological polar surface area (TPSA) is 63.1 Å². The van der Waals surface area contributed by atoms with Gasteiger partial charge in [0, 0.05) is 38.6 Å². The van der Waals surface area contributed by atoms with Gasteiger partial charge < -0.3 is 15.1 Å². The van der Waals surface area contributed by atoms with Crippen molar-refractivity contribution in [2.75, 3.05) is 0 Å². The zero-order valence-corrected chi connectivity index (χ0v) is 30.1. The molecule has 2 heterocycles. The van der Waals surface area contributed by atoms with Gasteiger partial charge in [-0.25, -0.2) is 0 Å². The fourth-order valence-electron chi connectivity index (χ4n) is 5.62. The van der Waals surface area contributed by atoms with Crippen LogP contribution in [-0.2, 0) is 24.9 Å². The predicted octanol–water partition coefficient (Wildman–Crippen LogP) is 11.1. The first-order chi connectivity index (χ1) is 23.9. The van der Waals surface area contributed by atoms with E-state index in [1.54, 1.807) is 0 Å². The Balaban J connectivity index is 0.000000553. The third kappa shape index (κ3) is 9.03. The standard InChI is InChI=1S/C40H26N2.C5H8O2.Ir/c1-2-17-38(35-14-9-15-36(28-35)40-19-4-6-25-42-40)37(16-1)34-13-8-12-33(27-34)32-11-7-10-31(26-32)29-20-22-30(23-21-29)39-18-3-5-24-41-39;1-4(6)3-5(2)7;/h1-14,16-22,24-28H;3,6H,1-2H3;/q-2;;. The molecule has 4 nitrogen and oxygen atoms in total. The Kier molecular flexibility index (Phi) is 12.1. The SMILES string of the molecule is CC(=O)C=C(C)O.[Ir].[c-]1cc(-c2cccc(-c3cccc(-c4ccccc4-c4cc[c-]c(-c5ccccn5)c4)c3)c2)ccc1-c1ccccn1. The Morgan fingerprint density at radius 2 is 1.10 bits per heavy atom. The third-order valence-electron chi connectivity index (χ3n) is 7.85. The van der Waals surface area contributed by atoms with Crippen LogP contribution in [0.1, 0.15) is 13.8 Å². The van der Waals surface area contributed by atoms with E-state index in [-0.39, 0.29) is 31.6 Å². The average Bonchev–Trinajstić information content (AvgIpc) is 3.15. The van der Waals surface area contributed by atoms with Crippen molar-refractivity contribution in [3.8, 4) is 67.0 Å². The van der Waals surface area contributed by atoms with Crippen LogP contribution in [0.5, 0.6) is 0 Å². The van der Waals surface area contributed by atoms with Crippen molar-refractivity contribution in [2.24, 2.45) is 0 Å². The number of aromatic nitrogens is 2. The number of aliphatic hydroxyl groups excluding tert-OH is 1. The minimum atomic E-state index is -0.125.